The van der Waals surface area contributed by atoms with E-state index in [1.807, 2.05) is 0 Å². The van der Waals surface area contributed by atoms with E-state index < -0.39 is 0 Å². The standard InChI is InChI=1S/C13H16N4O/c1-3-4-7-17(2)13(18)10-8-11-12(16-9-10)15-6-5-14-11/h5-6,8-9H,3-4,7H2,1-2H3. The highest BCUT2D eigenvalue weighted by Gasteiger charge is 2.12. The minimum absolute atomic E-state index is 0.0245. The Hall–Kier alpha value is -2.04. The third-order valence-electron chi connectivity index (χ3n) is 2.77. The first-order chi connectivity index (χ1) is 8.72. The van der Waals surface area contributed by atoms with Gasteiger partial charge in [-0.2, -0.15) is 0 Å². The highest BCUT2D eigenvalue weighted by atomic mass is 16.2. The Kier molecular flexibility index (Phi) is 3.82. The lowest BCUT2D eigenvalue weighted by Gasteiger charge is -2.16. The van der Waals surface area contributed by atoms with Crippen molar-refractivity contribution >= 4 is 17.1 Å². The average Bonchev–Trinajstić information content (AvgIpc) is 2.43. The smallest absolute Gasteiger partial charge is 0.255 e. The fourth-order valence-corrected chi connectivity index (χ4v) is 1.69. The molecule has 1 amide bonds. The number of nitrogens with zero attached hydrogens (tertiary/aromatic N) is 4. The molecule has 0 N–H and O–H groups in total. The number of aromatic nitrogens is 3. The lowest BCUT2D eigenvalue weighted by Crippen LogP contribution is -2.27. The van der Waals surface area contributed by atoms with Crippen molar-refractivity contribution in [1.82, 2.24) is 19.9 Å². The normalized spacial score (nSPS) is 10.6. The maximum Gasteiger partial charge on any atom is 0.255 e. The molecule has 0 fully saturated rings. The number of hydrogen-bond donors (Lipinski definition) is 0. The van der Waals surface area contributed by atoms with Gasteiger partial charge in [-0.15, -0.1) is 0 Å². The van der Waals surface area contributed by atoms with Crippen LogP contribution in [0.2, 0.25) is 0 Å². The lowest BCUT2D eigenvalue weighted by molar-refractivity contribution is 0.0793. The molecule has 5 nitrogen and oxygen atoms in total. The summed E-state index contributed by atoms with van der Waals surface area (Å²) in [6.45, 7) is 2.86. The highest BCUT2D eigenvalue weighted by molar-refractivity contribution is 5.96. The van der Waals surface area contributed by atoms with Crippen LogP contribution in [0.15, 0.2) is 24.7 Å². The third kappa shape index (κ3) is 2.61. The summed E-state index contributed by atoms with van der Waals surface area (Å²) in [5, 5.41) is 0. The van der Waals surface area contributed by atoms with Crippen molar-refractivity contribution in [3.63, 3.8) is 0 Å². The molecule has 0 saturated heterocycles. The number of carbonyl (C=O) groups is 1. The summed E-state index contributed by atoms with van der Waals surface area (Å²) in [7, 11) is 1.80. The molecule has 18 heavy (non-hydrogen) atoms. The molecule has 0 bridgehead atoms. The maximum atomic E-state index is 12.1. The Balaban J connectivity index is 2.22. The van der Waals surface area contributed by atoms with Gasteiger partial charge in [-0.25, -0.2) is 9.97 Å². The third-order valence-corrected chi connectivity index (χ3v) is 2.77. The van der Waals surface area contributed by atoms with Gasteiger partial charge in [0.25, 0.3) is 5.91 Å². The van der Waals surface area contributed by atoms with E-state index in [-0.39, 0.29) is 5.91 Å². The number of pyridine rings is 1. The molecule has 2 aromatic heterocycles. The Labute approximate surface area is 106 Å². The second-order valence-electron chi connectivity index (χ2n) is 4.20. The van der Waals surface area contributed by atoms with Gasteiger partial charge in [0.2, 0.25) is 0 Å². The summed E-state index contributed by atoms with van der Waals surface area (Å²) in [6, 6.07) is 1.74. The van der Waals surface area contributed by atoms with Crippen molar-refractivity contribution in [3.05, 3.63) is 30.2 Å². The van der Waals surface area contributed by atoms with E-state index >= 15 is 0 Å². The number of unbranched alkanes of at least 4 members (excludes halogenated alkanes) is 1. The molecule has 94 valence electrons. The predicted molar refractivity (Wildman–Crippen MR) is 69.2 cm³/mol. The van der Waals surface area contributed by atoms with Crippen molar-refractivity contribution in [1.29, 1.82) is 0 Å². The number of amides is 1. The van der Waals surface area contributed by atoms with Crippen LogP contribution in [-0.4, -0.2) is 39.4 Å². The topological polar surface area (TPSA) is 59.0 Å². The lowest BCUT2D eigenvalue weighted by atomic mass is 10.2. The van der Waals surface area contributed by atoms with E-state index in [2.05, 4.69) is 21.9 Å². The van der Waals surface area contributed by atoms with Gasteiger partial charge in [-0.3, -0.25) is 9.78 Å². The average molecular weight is 244 g/mol. The van der Waals surface area contributed by atoms with Crippen LogP contribution in [0.25, 0.3) is 11.2 Å². The molecular weight excluding hydrogens is 228 g/mol. The summed E-state index contributed by atoms with van der Waals surface area (Å²) < 4.78 is 0. The minimum Gasteiger partial charge on any atom is -0.342 e. The van der Waals surface area contributed by atoms with Crippen LogP contribution >= 0.6 is 0 Å². The van der Waals surface area contributed by atoms with Crippen LogP contribution in [-0.2, 0) is 0 Å². The molecular formula is C13H16N4O. The minimum atomic E-state index is -0.0245. The Morgan fingerprint density at radius 2 is 2.06 bits per heavy atom. The van der Waals surface area contributed by atoms with Crippen molar-refractivity contribution in [2.75, 3.05) is 13.6 Å². The van der Waals surface area contributed by atoms with Crippen molar-refractivity contribution in [3.8, 4) is 0 Å². The second kappa shape index (κ2) is 5.53. The molecule has 0 unspecified atom stereocenters. The zero-order valence-corrected chi connectivity index (χ0v) is 10.6. The molecule has 0 aliphatic carbocycles. The Bertz CT molecular complexity index is 555. The van der Waals surface area contributed by atoms with E-state index in [0.717, 1.165) is 19.4 Å². The summed E-state index contributed by atoms with van der Waals surface area (Å²) in [5.74, 6) is -0.0245. The summed E-state index contributed by atoms with van der Waals surface area (Å²) in [5.41, 5.74) is 1.76. The largest absolute Gasteiger partial charge is 0.342 e. The monoisotopic (exact) mass is 244 g/mol. The number of hydrogen-bond acceptors (Lipinski definition) is 4. The van der Waals surface area contributed by atoms with Gasteiger partial charge in [0.05, 0.1) is 5.56 Å². The van der Waals surface area contributed by atoms with Gasteiger partial charge in [-0.1, -0.05) is 13.3 Å². The molecule has 5 heteroatoms. The molecule has 0 radical (unpaired) electrons. The van der Waals surface area contributed by atoms with Gasteiger partial charge < -0.3 is 4.90 Å². The SMILES string of the molecule is CCCCN(C)C(=O)c1cnc2nccnc2c1. The van der Waals surface area contributed by atoms with E-state index in [1.54, 1.807) is 36.6 Å². The van der Waals surface area contributed by atoms with E-state index in [1.165, 1.54) is 0 Å². The molecule has 2 heterocycles. The fraction of sp³-hybridized carbons (Fsp3) is 0.385. The van der Waals surface area contributed by atoms with E-state index in [9.17, 15) is 4.79 Å². The summed E-state index contributed by atoms with van der Waals surface area (Å²) >= 11 is 0. The van der Waals surface area contributed by atoms with Gasteiger partial charge in [0.1, 0.15) is 5.52 Å². The summed E-state index contributed by atoms with van der Waals surface area (Å²) in [6.07, 6.45) is 6.81. The predicted octanol–water partition coefficient (Wildman–Crippen LogP) is 1.90. The van der Waals surface area contributed by atoms with E-state index in [0.29, 0.717) is 16.7 Å². The zero-order chi connectivity index (χ0) is 13.0. The van der Waals surface area contributed by atoms with Gasteiger partial charge >= 0.3 is 0 Å². The van der Waals surface area contributed by atoms with Crippen molar-refractivity contribution in [2.45, 2.75) is 19.8 Å². The zero-order valence-electron chi connectivity index (χ0n) is 10.6. The Morgan fingerprint density at radius 3 is 2.83 bits per heavy atom. The van der Waals surface area contributed by atoms with Crippen LogP contribution in [0.3, 0.4) is 0 Å². The quantitative estimate of drug-likeness (QED) is 0.824. The number of rotatable bonds is 4. The number of fused-ring (bicyclic) bond motifs is 1. The first-order valence-corrected chi connectivity index (χ1v) is 6.04. The summed E-state index contributed by atoms with van der Waals surface area (Å²) in [4.78, 5) is 26.2. The van der Waals surface area contributed by atoms with Crippen LogP contribution in [0.1, 0.15) is 30.1 Å². The van der Waals surface area contributed by atoms with Gasteiger partial charge in [0.15, 0.2) is 5.65 Å². The molecule has 0 atom stereocenters. The second-order valence-corrected chi connectivity index (χ2v) is 4.20. The van der Waals surface area contributed by atoms with Crippen LogP contribution in [0, 0.1) is 0 Å². The van der Waals surface area contributed by atoms with Crippen LogP contribution in [0.4, 0.5) is 0 Å². The van der Waals surface area contributed by atoms with Crippen LogP contribution < -0.4 is 0 Å². The first-order valence-electron chi connectivity index (χ1n) is 6.04. The molecule has 2 aromatic rings. The fourth-order valence-electron chi connectivity index (χ4n) is 1.69. The van der Waals surface area contributed by atoms with Crippen molar-refractivity contribution < 1.29 is 4.79 Å². The molecule has 0 aromatic carbocycles. The van der Waals surface area contributed by atoms with E-state index in [4.69, 9.17) is 0 Å². The Morgan fingerprint density at radius 1 is 1.28 bits per heavy atom. The molecule has 2 rings (SSSR count). The highest BCUT2D eigenvalue weighted by Crippen LogP contribution is 2.10. The van der Waals surface area contributed by atoms with Gasteiger partial charge in [-0.05, 0) is 12.5 Å². The molecule has 0 aliphatic heterocycles. The maximum absolute atomic E-state index is 12.1. The first kappa shape index (κ1) is 12.4. The molecule has 0 spiro atoms. The van der Waals surface area contributed by atoms with Gasteiger partial charge in [0, 0.05) is 32.2 Å². The van der Waals surface area contributed by atoms with Crippen LogP contribution in [0.5, 0.6) is 0 Å². The van der Waals surface area contributed by atoms with Crippen molar-refractivity contribution in [2.24, 2.45) is 0 Å². The number of carbonyl (C=O) groups excluding carboxylic acids is 1. The molecule has 0 saturated carbocycles. The molecule has 0 aliphatic rings.